The summed E-state index contributed by atoms with van der Waals surface area (Å²) in [5.74, 6) is 1.31. The second kappa shape index (κ2) is 5.96. The number of rotatable bonds is 4. The summed E-state index contributed by atoms with van der Waals surface area (Å²) in [5.41, 5.74) is 1.26. The third-order valence-electron chi connectivity index (χ3n) is 3.13. The summed E-state index contributed by atoms with van der Waals surface area (Å²) < 4.78 is 1.51. The lowest BCUT2D eigenvalue weighted by Gasteiger charge is -2.23. The molecule has 0 amide bonds. The van der Waals surface area contributed by atoms with Gasteiger partial charge in [-0.05, 0) is 43.2 Å². The lowest BCUT2D eigenvalue weighted by Crippen LogP contribution is -2.32. The van der Waals surface area contributed by atoms with E-state index in [1.54, 1.807) is 0 Å². The van der Waals surface area contributed by atoms with Crippen LogP contribution in [0.5, 0.6) is 0 Å². The van der Waals surface area contributed by atoms with E-state index >= 15 is 0 Å². The Bertz CT molecular complexity index is 391. The van der Waals surface area contributed by atoms with Crippen LogP contribution in [0.1, 0.15) is 25.3 Å². The van der Waals surface area contributed by atoms with E-state index in [0.29, 0.717) is 4.75 Å². The Labute approximate surface area is 121 Å². The largest absolute Gasteiger partial charge is 0.311 e. The van der Waals surface area contributed by atoms with Crippen LogP contribution in [0.4, 0.5) is 0 Å². The van der Waals surface area contributed by atoms with Crippen LogP contribution in [-0.2, 0) is 6.54 Å². The van der Waals surface area contributed by atoms with Gasteiger partial charge in [-0.3, -0.25) is 0 Å². The Hall–Kier alpha value is 0.300. The van der Waals surface area contributed by atoms with E-state index in [1.165, 1.54) is 24.2 Å². The summed E-state index contributed by atoms with van der Waals surface area (Å²) in [6.45, 7) is 4.33. The van der Waals surface area contributed by atoms with Crippen molar-refractivity contribution in [2.24, 2.45) is 0 Å². The number of nitrogens with one attached hydrogen (secondary N) is 1. The molecule has 0 saturated carbocycles. The highest BCUT2D eigenvalue weighted by Crippen LogP contribution is 2.37. The smallest absolute Gasteiger partial charge is 0.0417 e. The minimum absolute atomic E-state index is 0.429. The van der Waals surface area contributed by atoms with E-state index < -0.39 is 0 Å². The van der Waals surface area contributed by atoms with Gasteiger partial charge in [0.15, 0.2) is 0 Å². The quantitative estimate of drug-likeness (QED) is 0.871. The molecule has 1 aromatic carbocycles. The Morgan fingerprint density at radius 2 is 2.35 bits per heavy atom. The molecule has 4 heteroatoms. The number of thioether (sulfide) groups is 1. The van der Waals surface area contributed by atoms with Crippen molar-refractivity contribution in [3.8, 4) is 0 Å². The molecule has 1 aromatic rings. The normalized spacial score (nSPS) is 24.2. The second-order valence-electron chi connectivity index (χ2n) is 4.74. The van der Waals surface area contributed by atoms with Crippen molar-refractivity contribution in [2.45, 2.75) is 31.1 Å². The molecular formula is C13H17BrClNS. The molecule has 17 heavy (non-hydrogen) atoms. The summed E-state index contributed by atoms with van der Waals surface area (Å²) in [5, 5.41) is 4.33. The average Bonchev–Trinajstić information content (AvgIpc) is 2.69. The van der Waals surface area contributed by atoms with Gasteiger partial charge in [0.1, 0.15) is 0 Å². The summed E-state index contributed by atoms with van der Waals surface area (Å²) in [6, 6.07) is 5.96. The fourth-order valence-electron chi connectivity index (χ4n) is 2.10. The molecule has 0 aromatic heterocycles. The zero-order valence-electron chi connectivity index (χ0n) is 9.93. The van der Waals surface area contributed by atoms with Crippen LogP contribution in [0.25, 0.3) is 0 Å². The van der Waals surface area contributed by atoms with Gasteiger partial charge in [0.2, 0.25) is 0 Å². The minimum Gasteiger partial charge on any atom is -0.311 e. The van der Waals surface area contributed by atoms with Crippen molar-refractivity contribution in [1.29, 1.82) is 0 Å². The SMILES string of the molecule is CC1(CNCc2ccc(Cl)cc2Br)CCCS1. The van der Waals surface area contributed by atoms with Crippen LogP contribution in [-0.4, -0.2) is 17.0 Å². The first-order chi connectivity index (χ1) is 8.09. The van der Waals surface area contributed by atoms with Crippen LogP contribution in [0.3, 0.4) is 0 Å². The lowest BCUT2D eigenvalue weighted by atomic mass is 10.1. The zero-order valence-corrected chi connectivity index (χ0v) is 13.1. The van der Waals surface area contributed by atoms with Gasteiger partial charge in [0, 0.05) is 27.3 Å². The average molecular weight is 335 g/mol. The number of hydrogen-bond acceptors (Lipinski definition) is 2. The molecule has 0 spiro atoms. The maximum absolute atomic E-state index is 5.92. The third-order valence-corrected chi connectivity index (χ3v) is 5.64. The topological polar surface area (TPSA) is 12.0 Å². The molecule has 0 radical (unpaired) electrons. The number of hydrogen-bond donors (Lipinski definition) is 1. The molecule has 0 bridgehead atoms. The van der Waals surface area contributed by atoms with E-state index in [4.69, 9.17) is 11.6 Å². The van der Waals surface area contributed by atoms with Crippen molar-refractivity contribution < 1.29 is 0 Å². The van der Waals surface area contributed by atoms with Gasteiger partial charge in [-0.25, -0.2) is 0 Å². The Balaban J connectivity index is 1.85. The second-order valence-corrected chi connectivity index (χ2v) is 7.71. The van der Waals surface area contributed by atoms with Crippen molar-refractivity contribution in [1.82, 2.24) is 5.32 Å². The summed E-state index contributed by atoms with van der Waals surface area (Å²) in [6.07, 6.45) is 2.68. The first-order valence-electron chi connectivity index (χ1n) is 5.88. The van der Waals surface area contributed by atoms with Crippen molar-refractivity contribution in [3.63, 3.8) is 0 Å². The Kier molecular flexibility index (Phi) is 4.81. The minimum atomic E-state index is 0.429. The molecule has 1 saturated heterocycles. The van der Waals surface area contributed by atoms with E-state index in [2.05, 4.69) is 46.0 Å². The molecule has 1 atom stereocenters. The first kappa shape index (κ1) is 13.7. The van der Waals surface area contributed by atoms with Gasteiger partial charge in [-0.1, -0.05) is 33.6 Å². The molecule has 1 heterocycles. The lowest BCUT2D eigenvalue weighted by molar-refractivity contribution is 0.536. The molecule has 1 aliphatic heterocycles. The number of halogens is 2. The molecule has 0 aliphatic carbocycles. The summed E-state index contributed by atoms with van der Waals surface area (Å²) in [4.78, 5) is 0. The van der Waals surface area contributed by atoms with Crippen molar-refractivity contribution in [2.75, 3.05) is 12.3 Å². The van der Waals surface area contributed by atoms with Crippen LogP contribution < -0.4 is 5.32 Å². The van der Waals surface area contributed by atoms with Gasteiger partial charge in [0.25, 0.3) is 0 Å². The van der Waals surface area contributed by atoms with Crippen molar-refractivity contribution >= 4 is 39.3 Å². The monoisotopic (exact) mass is 333 g/mol. The highest BCUT2D eigenvalue weighted by atomic mass is 79.9. The standard InChI is InChI=1S/C13H17BrClNS/c1-13(5-2-6-17-13)9-16-8-10-3-4-11(15)7-12(10)14/h3-4,7,16H,2,5-6,8-9H2,1H3. The molecule has 94 valence electrons. The van der Waals surface area contributed by atoms with Crippen LogP contribution in [0, 0.1) is 0 Å². The van der Waals surface area contributed by atoms with E-state index in [9.17, 15) is 0 Å². The Morgan fingerprint density at radius 1 is 1.53 bits per heavy atom. The predicted molar refractivity (Wildman–Crippen MR) is 81.0 cm³/mol. The molecule has 1 nitrogen and oxygen atoms in total. The highest BCUT2D eigenvalue weighted by Gasteiger charge is 2.28. The van der Waals surface area contributed by atoms with Crippen LogP contribution in [0.2, 0.25) is 5.02 Å². The van der Waals surface area contributed by atoms with Gasteiger partial charge in [-0.2, -0.15) is 11.8 Å². The summed E-state index contributed by atoms with van der Waals surface area (Å²) in [7, 11) is 0. The molecule has 1 fully saturated rings. The third kappa shape index (κ3) is 3.88. The van der Waals surface area contributed by atoms with Crippen molar-refractivity contribution in [3.05, 3.63) is 33.3 Å². The van der Waals surface area contributed by atoms with Gasteiger partial charge >= 0.3 is 0 Å². The fraction of sp³-hybridized carbons (Fsp3) is 0.538. The molecule has 2 rings (SSSR count). The van der Waals surface area contributed by atoms with Gasteiger partial charge < -0.3 is 5.32 Å². The van der Waals surface area contributed by atoms with Gasteiger partial charge in [-0.15, -0.1) is 0 Å². The molecule has 1 aliphatic rings. The molecule has 1 N–H and O–H groups in total. The van der Waals surface area contributed by atoms with Crippen LogP contribution in [0.15, 0.2) is 22.7 Å². The van der Waals surface area contributed by atoms with E-state index in [0.717, 1.165) is 22.6 Å². The predicted octanol–water partition coefficient (Wildman–Crippen LogP) is 4.48. The van der Waals surface area contributed by atoms with Gasteiger partial charge in [0.05, 0.1) is 0 Å². The fourth-order valence-corrected chi connectivity index (χ4v) is 4.20. The maximum atomic E-state index is 5.92. The molecular weight excluding hydrogens is 318 g/mol. The molecule has 1 unspecified atom stereocenters. The zero-order chi connectivity index (χ0) is 12.3. The highest BCUT2D eigenvalue weighted by molar-refractivity contribution is 9.10. The Morgan fingerprint density at radius 3 is 3.00 bits per heavy atom. The summed E-state index contributed by atoms with van der Waals surface area (Å²) >= 11 is 11.6. The number of benzene rings is 1. The van der Waals surface area contributed by atoms with E-state index in [1.807, 2.05) is 12.1 Å². The van der Waals surface area contributed by atoms with Crippen LogP contribution >= 0.6 is 39.3 Å². The maximum Gasteiger partial charge on any atom is 0.0417 e. The van der Waals surface area contributed by atoms with E-state index in [-0.39, 0.29) is 0 Å². The first-order valence-corrected chi connectivity index (χ1v) is 8.03.